The maximum absolute atomic E-state index is 12.4. The van der Waals surface area contributed by atoms with E-state index in [9.17, 15) is 9.59 Å². The molecular weight excluding hydrogens is 362 g/mol. The van der Waals surface area contributed by atoms with Crippen LogP contribution in [0.1, 0.15) is 33.3 Å². The van der Waals surface area contributed by atoms with Crippen LogP contribution >= 0.6 is 0 Å². The van der Waals surface area contributed by atoms with Gasteiger partial charge >= 0.3 is 0 Å². The fraction of sp³-hybridized carbons (Fsp3) is 0.474. The minimum Gasteiger partial charge on any atom is -0.459 e. The van der Waals surface area contributed by atoms with Crippen molar-refractivity contribution in [2.24, 2.45) is 0 Å². The lowest BCUT2D eigenvalue weighted by atomic mass is 10.2. The van der Waals surface area contributed by atoms with Gasteiger partial charge in [-0.05, 0) is 25.5 Å². The molecule has 3 heterocycles. The van der Waals surface area contributed by atoms with Gasteiger partial charge in [-0.1, -0.05) is 0 Å². The van der Waals surface area contributed by atoms with E-state index in [0.717, 1.165) is 6.42 Å². The Morgan fingerprint density at radius 3 is 2.71 bits per heavy atom. The van der Waals surface area contributed by atoms with Crippen molar-refractivity contribution in [1.82, 2.24) is 20.2 Å². The molecule has 9 heteroatoms. The summed E-state index contributed by atoms with van der Waals surface area (Å²) in [5.74, 6) is 1.24. The molecule has 2 aromatic rings. The Morgan fingerprint density at radius 2 is 2.04 bits per heavy atom. The molecule has 2 aromatic heterocycles. The normalized spacial score (nSPS) is 14.2. The Bertz CT molecular complexity index is 801. The molecule has 1 aliphatic heterocycles. The number of nitrogens with one attached hydrogen (secondary N) is 1. The number of anilines is 1. The summed E-state index contributed by atoms with van der Waals surface area (Å²) in [6.45, 7) is 5.24. The van der Waals surface area contributed by atoms with Crippen LogP contribution in [-0.4, -0.2) is 73.1 Å². The number of carbonyl (C=O) groups is 2. The second-order valence-electron chi connectivity index (χ2n) is 6.52. The van der Waals surface area contributed by atoms with Crippen LogP contribution in [0.15, 0.2) is 28.9 Å². The van der Waals surface area contributed by atoms with Crippen LogP contribution in [0.5, 0.6) is 0 Å². The monoisotopic (exact) mass is 387 g/mol. The van der Waals surface area contributed by atoms with Gasteiger partial charge in [0.05, 0.1) is 6.26 Å². The minimum absolute atomic E-state index is 0.111. The van der Waals surface area contributed by atoms with Gasteiger partial charge in [0, 0.05) is 52.5 Å². The number of hydrogen-bond donors (Lipinski definition) is 1. The Hall–Kier alpha value is -2.94. The van der Waals surface area contributed by atoms with E-state index in [1.807, 2.05) is 0 Å². The van der Waals surface area contributed by atoms with E-state index in [0.29, 0.717) is 62.4 Å². The number of furan rings is 1. The molecular formula is C19H25N5O4. The number of aromatic nitrogens is 2. The summed E-state index contributed by atoms with van der Waals surface area (Å²) in [7, 11) is 1.63. The molecule has 0 saturated carbocycles. The molecule has 0 aliphatic carbocycles. The standard InChI is InChI=1S/C19H25N5O4/c1-14-21-15(18(25)20-6-4-11-27-2)13-17(22-14)23-7-9-24(10-8-23)19(26)16-5-3-12-28-16/h3,5,12-13H,4,6-11H2,1-2H3,(H,20,25). The first-order valence-corrected chi connectivity index (χ1v) is 9.29. The first-order chi connectivity index (χ1) is 13.6. The topological polar surface area (TPSA) is 101 Å². The number of amides is 2. The van der Waals surface area contributed by atoms with Crippen molar-refractivity contribution < 1.29 is 18.7 Å². The van der Waals surface area contributed by atoms with Crippen molar-refractivity contribution >= 4 is 17.6 Å². The molecule has 0 atom stereocenters. The number of carbonyl (C=O) groups excluding carboxylic acids is 2. The van der Waals surface area contributed by atoms with E-state index >= 15 is 0 Å². The van der Waals surface area contributed by atoms with Crippen molar-refractivity contribution in [3.63, 3.8) is 0 Å². The highest BCUT2D eigenvalue weighted by Gasteiger charge is 2.25. The van der Waals surface area contributed by atoms with Gasteiger partial charge in [-0.3, -0.25) is 9.59 Å². The molecule has 0 radical (unpaired) electrons. The third-order valence-corrected chi connectivity index (χ3v) is 4.49. The summed E-state index contributed by atoms with van der Waals surface area (Å²) < 4.78 is 10.2. The molecule has 0 unspecified atom stereocenters. The second-order valence-corrected chi connectivity index (χ2v) is 6.52. The molecule has 1 saturated heterocycles. The Labute approximate surface area is 163 Å². The van der Waals surface area contributed by atoms with Crippen molar-refractivity contribution in [2.45, 2.75) is 13.3 Å². The van der Waals surface area contributed by atoms with Gasteiger partial charge in [-0.25, -0.2) is 9.97 Å². The van der Waals surface area contributed by atoms with Crippen LogP contribution in [0.4, 0.5) is 5.82 Å². The maximum Gasteiger partial charge on any atom is 0.289 e. The zero-order chi connectivity index (χ0) is 19.9. The van der Waals surface area contributed by atoms with Crippen LogP contribution in [0.3, 0.4) is 0 Å². The second kappa shape index (κ2) is 9.32. The quantitative estimate of drug-likeness (QED) is 0.710. The summed E-state index contributed by atoms with van der Waals surface area (Å²) in [4.78, 5) is 37.2. The predicted octanol–water partition coefficient (Wildman–Crippen LogP) is 1.11. The SMILES string of the molecule is COCCCNC(=O)c1cc(N2CCN(C(=O)c3ccco3)CC2)nc(C)n1. The highest BCUT2D eigenvalue weighted by Crippen LogP contribution is 2.17. The maximum atomic E-state index is 12.4. The lowest BCUT2D eigenvalue weighted by molar-refractivity contribution is 0.0714. The van der Waals surface area contributed by atoms with E-state index < -0.39 is 0 Å². The first-order valence-electron chi connectivity index (χ1n) is 9.29. The summed E-state index contributed by atoms with van der Waals surface area (Å²) in [6, 6.07) is 5.07. The fourth-order valence-corrected chi connectivity index (χ4v) is 3.03. The number of nitrogens with zero attached hydrogens (tertiary/aromatic N) is 4. The van der Waals surface area contributed by atoms with Crippen molar-refractivity contribution in [1.29, 1.82) is 0 Å². The lowest BCUT2D eigenvalue weighted by Crippen LogP contribution is -2.49. The smallest absolute Gasteiger partial charge is 0.289 e. The molecule has 1 N–H and O–H groups in total. The number of methoxy groups -OCH3 is 1. The zero-order valence-corrected chi connectivity index (χ0v) is 16.2. The number of piperazine rings is 1. The van der Waals surface area contributed by atoms with E-state index in [2.05, 4.69) is 20.2 Å². The molecule has 3 rings (SSSR count). The van der Waals surface area contributed by atoms with Crippen molar-refractivity contribution in [3.05, 3.63) is 41.7 Å². The average molecular weight is 387 g/mol. The Balaban J connectivity index is 1.60. The van der Waals surface area contributed by atoms with E-state index in [-0.39, 0.29) is 11.8 Å². The van der Waals surface area contributed by atoms with E-state index in [1.165, 1.54) is 6.26 Å². The zero-order valence-electron chi connectivity index (χ0n) is 16.2. The van der Waals surface area contributed by atoms with Gasteiger partial charge in [0.1, 0.15) is 17.3 Å². The average Bonchev–Trinajstić information content (AvgIpc) is 3.25. The van der Waals surface area contributed by atoms with Gasteiger partial charge in [-0.15, -0.1) is 0 Å². The molecule has 150 valence electrons. The summed E-state index contributed by atoms with van der Waals surface area (Å²) in [5.41, 5.74) is 0.342. The molecule has 2 amide bonds. The largest absolute Gasteiger partial charge is 0.459 e. The molecule has 28 heavy (non-hydrogen) atoms. The highest BCUT2D eigenvalue weighted by molar-refractivity contribution is 5.93. The number of aryl methyl sites for hydroxylation is 1. The third kappa shape index (κ3) is 4.86. The highest BCUT2D eigenvalue weighted by atomic mass is 16.5. The van der Waals surface area contributed by atoms with Gasteiger partial charge < -0.3 is 24.3 Å². The van der Waals surface area contributed by atoms with Crippen LogP contribution in [0, 0.1) is 6.92 Å². The third-order valence-electron chi connectivity index (χ3n) is 4.49. The van der Waals surface area contributed by atoms with Crippen LogP contribution in [0.2, 0.25) is 0 Å². The van der Waals surface area contributed by atoms with Gasteiger partial charge in [0.2, 0.25) is 0 Å². The van der Waals surface area contributed by atoms with Crippen LogP contribution in [-0.2, 0) is 4.74 Å². The van der Waals surface area contributed by atoms with Gasteiger partial charge in [0.25, 0.3) is 11.8 Å². The predicted molar refractivity (Wildman–Crippen MR) is 102 cm³/mol. The molecule has 1 aliphatic rings. The molecule has 1 fully saturated rings. The van der Waals surface area contributed by atoms with Crippen LogP contribution < -0.4 is 10.2 Å². The van der Waals surface area contributed by atoms with Crippen molar-refractivity contribution in [3.8, 4) is 0 Å². The number of ether oxygens (including phenoxy) is 1. The van der Waals surface area contributed by atoms with Gasteiger partial charge in [0.15, 0.2) is 5.76 Å². The number of hydrogen-bond acceptors (Lipinski definition) is 7. The Kier molecular flexibility index (Phi) is 6.59. The van der Waals surface area contributed by atoms with Gasteiger partial charge in [-0.2, -0.15) is 0 Å². The van der Waals surface area contributed by atoms with Crippen molar-refractivity contribution in [2.75, 3.05) is 51.3 Å². The number of rotatable bonds is 7. The molecule has 0 bridgehead atoms. The minimum atomic E-state index is -0.227. The molecule has 0 spiro atoms. The summed E-state index contributed by atoms with van der Waals surface area (Å²) in [5, 5.41) is 2.84. The first kappa shape index (κ1) is 19.8. The fourth-order valence-electron chi connectivity index (χ4n) is 3.03. The van der Waals surface area contributed by atoms with E-state index in [1.54, 1.807) is 37.1 Å². The molecule has 9 nitrogen and oxygen atoms in total. The Morgan fingerprint density at radius 1 is 1.25 bits per heavy atom. The summed E-state index contributed by atoms with van der Waals surface area (Å²) >= 11 is 0. The van der Waals surface area contributed by atoms with E-state index in [4.69, 9.17) is 9.15 Å². The molecule has 0 aromatic carbocycles. The van der Waals surface area contributed by atoms with Crippen LogP contribution in [0.25, 0.3) is 0 Å². The summed E-state index contributed by atoms with van der Waals surface area (Å²) in [6.07, 6.45) is 2.24. The lowest BCUT2D eigenvalue weighted by Gasteiger charge is -2.35.